The second-order valence-corrected chi connectivity index (χ2v) is 4.57. The van der Waals surface area contributed by atoms with Crippen LogP contribution in [0.3, 0.4) is 0 Å². The first-order chi connectivity index (χ1) is 6.55. The van der Waals surface area contributed by atoms with Crippen molar-refractivity contribution < 1.29 is 9.90 Å². The molecule has 1 atom stereocenters. The highest BCUT2D eigenvalue weighted by Gasteiger charge is 2.26. The molecule has 1 amide bonds. The Bertz CT molecular complexity index is 204. The van der Waals surface area contributed by atoms with Crippen molar-refractivity contribution in [1.82, 2.24) is 10.6 Å². The molecule has 5 heteroatoms. The highest BCUT2D eigenvalue weighted by atomic mass is 35.5. The van der Waals surface area contributed by atoms with E-state index >= 15 is 0 Å². The van der Waals surface area contributed by atoms with E-state index in [-0.39, 0.29) is 30.8 Å². The Balaban J connectivity index is 0.00000196. The molecule has 1 fully saturated rings. The van der Waals surface area contributed by atoms with Crippen LogP contribution in [0.4, 0.5) is 0 Å². The lowest BCUT2D eigenvalue weighted by Gasteiger charge is -2.28. The number of rotatable bonds is 3. The van der Waals surface area contributed by atoms with Crippen LogP contribution in [0.25, 0.3) is 0 Å². The molecule has 90 valence electrons. The third kappa shape index (κ3) is 4.82. The van der Waals surface area contributed by atoms with Gasteiger partial charge in [0.2, 0.25) is 5.91 Å². The largest absolute Gasteiger partial charge is 0.394 e. The predicted molar refractivity (Wildman–Crippen MR) is 62.1 cm³/mol. The minimum absolute atomic E-state index is 0. The summed E-state index contributed by atoms with van der Waals surface area (Å²) in [5.74, 6) is 0.117. The number of hydrogen-bond acceptors (Lipinski definition) is 3. The maximum absolute atomic E-state index is 11.7. The fourth-order valence-electron chi connectivity index (χ4n) is 1.55. The van der Waals surface area contributed by atoms with Crippen molar-refractivity contribution in [3.8, 4) is 0 Å². The van der Waals surface area contributed by atoms with Crippen LogP contribution in [0, 0.1) is 5.92 Å². The van der Waals surface area contributed by atoms with Crippen molar-refractivity contribution in [3.63, 3.8) is 0 Å². The molecule has 1 heterocycles. The van der Waals surface area contributed by atoms with Gasteiger partial charge in [-0.2, -0.15) is 0 Å². The van der Waals surface area contributed by atoms with Gasteiger partial charge in [0.15, 0.2) is 0 Å². The highest BCUT2D eigenvalue weighted by molar-refractivity contribution is 5.85. The van der Waals surface area contributed by atoms with Gasteiger partial charge in [0.05, 0.1) is 18.1 Å². The molecular formula is C10H21ClN2O2. The molecule has 0 spiro atoms. The number of aliphatic hydroxyl groups is 1. The molecule has 0 aromatic heterocycles. The third-order valence-electron chi connectivity index (χ3n) is 2.52. The van der Waals surface area contributed by atoms with Crippen LogP contribution in [0.1, 0.15) is 26.7 Å². The Morgan fingerprint density at radius 1 is 1.60 bits per heavy atom. The van der Waals surface area contributed by atoms with Crippen LogP contribution >= 0.6 is 12.4 Å². The molecule has 1 rings (SSSR count). The first-order valence-electron chi connectivity index (χ1n) is 5.19. The summed E-state index contributed by atoms with van der Waals surface area (Å²) in [6.45, 7) is 5.38. The summed E-state index contributed by atoms with van der Waals surface area (Å²) in [5, 5.41) is 15.1. The standard InChI is InChI=1S/C10H20N2O2.ClH/c1-10(2,7-13)12-9(14)8-4-3-5-11-6-8;/h8,11,13H,3-7H2,1-2H3,(H,12,14);1H. The van der Waals surface area contributed by atoms with Gasteiger partial charge in [0, 0.05) is 6.54 Å². The van der Waals surface area contributed by atoms with Crippen LogP contribution in [-0.2, 0) is 4.79 Å². The van der Waals surface area contributed by atoms with E-state index in [0.717, 1.165) is 25.9 Å². The van der Waals surface area contributed by atoms with Crippen LogP contribution in [0.2, 0.25) is 0 Å². The van der Waals surface area contributed by atoms with Crippen LogP contribution in [0.5, 0.6) is 0 Å². The van der Waals surface area contributed by atoms with Crippen molar-refractivity contribution in [3.05, 3.63) is 0 Å². The lowest BCUT2D eigenvalue weighted by molar-refractivity contribution is -0.127. The molecule has 1 aliphatic heterocycles. The average Bonchev–Trinajstić information content (AvgIpc) is 2.19. The number of hydrogen-bond donors (Lipinski definition) is 3. The number of amides is 1. The van der Waals surface area contributed by atoms with Gasteiger partial charge in [-0.05, 0) is 33.2 Å². The molecule has 15 heavy (non-hydrogen) atoms. The fraction of sp³-hybridized carbons (Fsp3) is 0.900. The van der Waals surface area contributed by atoms with Crippen molar-refractivity contribution in [2.75, 3.05) is 19.7 Å². The normalized spacial score (nSPS) is 21.7. The Morgan fingerprint density at radius 3 is 2.73 bits per heavy atom. The van der Waals surface area contributed by atoms with E-state index in [9.17, 15) is 4.79 Å². The van der Waals surface area contributed by atoms with Crippen molar-refractivity contribution in [1.29, 1.82) is 0 Å². The Kier molecular flexibility index (Phi) is 6.17. The zero-order valence-corrected chi connectivity index (χ0v) is 10.2. The number of carbonyl (C=O) groups excluding carboxylic acids is 1. The smallest absolute Gasteiger partial charge is 0.224 e. The van der Waals surface area contributed by atoms with E-state index in [1.54, 1.807) is 0 Å². The Hall–Kier alpha value is -0.320. The van der Waals surface area contributed by atoms with Gasteiger partial charge < -0.3 is 15.7 Å². The lowest BCUT2D eigenvalue weighted by atomic mass is 9.97. The minimum atomic E-state index is -0.505. The van der Waals surface area contributed by atoms with E-state index in [1.807, 2.05) is 13.8 Å². The summed E-state index contributed by atoms with van der Waals surface area (Å²) in [6.07, 6.45) is 2.00. The first-order valence-corrected chi connectivity index (χ1v) is 5.19. The molecule has 0 aliphatic carbocycles. The zero-order chi connectivity index (χ0) is 10.6. The van der Waals surface area contributed by atoms with Crippen LogP contribution in [-0.4, -0.2) is 36.2 Å². The van der Waals surface area contributed by atoms with Crippen LogP contribution < -0.4 is 10.6 Å². The van der Waals surface area contributed by atoms with Gasteiger partial charge in [-0.15, -0.1) is 12.4 Å². The highest BCUT2D eigenvalue weighted by Crippen LogP contribution is 2.11. The van der Waals surface area contributed by atoms with Crippen molar-refractivity contribution in [2.45, 2.75) is 32.2 Å². The van der Waals surface area contributed by atoms with Gasteiger partial charge in [0.1, 0.15) is 0 Å². The lowest BCUT2D eigenvalue weighted by Crippen LogP contribution is -2.51. The molecule has 3 N–H and O–H groups in total. The summed E-state index contributed by atoms with van der Waals surface area (Å²) in [7, 11) is 0. The van der Waals surface area contributed by atoms with Gasteiger partial charge in [0.25, 0.3) is 0 Å². The van der Waals surface area contributed by atoms with E-state index in [0.29, 0.717) is 0 Å². The maximum Gasteiger partial charge on any atom is 0.224 e. The summed E-state index contributed by atoms with van der Waals surface area (Å²) in [4.78, 5) is 11.7. The number of piperidine rings is 1. The van der Waals surface area contributed by atoms with E-state index < -0.39 is 5.54 Å². The fourth-order valence-corrected chi connectivity index (χ4v) is 1.55. The van der Waals surface area contributed by atoms with Gasteiger partial charge >= 0.3 is 0 Å². The number of carbonyl (C=O) groups is 1. The Labute approximate surface area is 97.2 Å². The molecule has 4 nitrogen and oxygen atoms in total. The molecule has 1 saturated heterocycles. The molecular weight excluding hydrogens is 216 g/mol. The Morgan fingerprint density at radius 2 is 2.27 bits per heavy atom. The maximum atomic E-state index is 11.7. The first kappa shape index (κ1) is 14.7. The van der Waals surface area contributed by atoms with Gasteiger partial charge in [-0.25, -0.2) is 0 Å². The van der Waals surface area contributed by atoms with Gasteiger partial charge in [-0.1, -0.05) is 0 Å². The van der Waals surface area contributed by atoms with Crippen molar-refractivity contribution in [2.24, 2.45) is 5.92 Å². The number of nitrogens with one attached hydrogen (secondary N) is 2. The van der Waals surface area contributed by atoms with Crippen molar-refractivity contribution >= 4 is 18.3 Å². The van der Waals surface area contributed by atoms with E-state index in [1.165, 1.54) is 0 Å². The molecule has 1 aliphatic rings. The summed E-state index contributed by atoms with van der Waals surface area (Å²) < 4.78 is 0. The van der Waals surface area contributed by atoms with Crippen LogP contribution in [0.15, 0.2) is 0 Å². The topological polar surface area (TPSA) is 61.4 Å². The zero-order valence-electron chi connectivity index (χ0n) is 9.38. The second kappa shape index (κ2) is 6.30. The molecule has 0 bridgehead atoms. The summed E-state index contributed by atoms with van der Waals surface area (Å²) in [5.41, 5.74) is -0.505. The second-order valence-electron chi connectivity index (χ2n) is 4.57. The number of halogens is 1. The monoisotopic (exact) mass is 236 g/mol. The molecule has 0 saturated carbocycles. The third-order valence-corrected chi connectivity index (χ3v) is 2.52. The van der Waals surface area contributed by atoms with E-state index in [2.05, 4.69) is 10.6 Å². The SMILES string of the molecule is CC(C)(CO)NC(=O)C1CCCNC1.Cl. The molecule has 0 aromatic carbocycles. The quantitative estimate of drug-likeness (QED) is 0.661. The predicted octanol–water partition coefficient (Wildman–Crippen LogP) is 0.295. The molecule has 0 aromatic rings. The summed E-state index contributed by atoms with van der Waals surface area (Å²) in [6, 6.07) is 0. The number of aliphatic hydroxyl groups excluding tert-OH is 1. The molecule has 0 radical (unpaired) electrons. The average molecular weight is 237 g/mol. The summed E-state index contributed by atoms with van der Waals surface area (Å²) >= 11 is 0. The molecule has 1 unspecified atom stereocenters. The van der Waals surface area contributed by atoms with Gasteiger partial charge in [-0.3, -0.25) is 4.79 Å². The minimum Gasteiger partial charge on any atom is -0.394 e. The van der Waals surface area contributed by atoms with E-state index in [4.69, 9.17) is 5.11 Å².